The van der Waals surface area contributed by atoms with Crippen molar-refractivity contribution in [3.8, 4) is 0 Å². The molecule has 0 aliphatic carbocycles. The van der Waals surface area contributed by atoms with Crippen LogP contribution in [0.15, 0.2) is 18.2 Å². The number of hydrogen-bond acceptors (Lipinski definition) is 3. The van der Waals surface area contributed by atoms with E-state index in [0.717, 1.165) is 6.07 Å². The Kier molecular flexibility index (Phi) is 5.65. The highest BCUT2D eigenvalue weighted by Gasteiger charge is 2.40. The number of carbonyl (C=O) groups excluding carboxylic acids is 1. The van der Waals surface area contributed by atoms with Crippen molar-refractivity contribution in [2.75, 3.05) is 19.8 Å². The molecule has 2 N–H and O–H groups in total. The van der Waals surface area contributed by atoms with Crippen LogP contribution in [0.25, 0.3) is 0 Å². The molecule has 126 valence electrons. The van der Waals surface area contributed by atoms with Crippen LogP contribution in [0.5, 0.6) is 0 Å². The van der Waals surface area contributed by atoms with Crippen LogP contribution in [-0.2, 0) is 20.7 Å². The molecule has 1 fully saturated rings. The van der Waals surface area contributed by atoms with Gasteiger partial charge in [-0.15, -0.1) is 0 Å². The number of carbonyl (C=O) groups is 2. The summed E-state index contributed by atoms with van der Waals surface area (Å²) in [6, 6.07) is 3.82. The lowest BCUT2D eigenvalue weighted by Gasteiger charge is -2.33. The van der Waals surface area contributed by atoms with Gasteiger partial charge in [-0.1, -0.05) is 12.1 Å². The summed E-state index contributed by atoms with van der Waals surface area (Å²) in [5, 5.41) is 12.0. The van der Waals surface area contributed by atoms with Gasteiger partial charge in [0.05, 0.1) is 5.41 Å². The van der Waals surface area contributed by atoms with Crippen molar-refractivity contribution in [2.24, 2.45) is 5.41 Å². The quantitative estimate of drug-likeness (QED) is 0.837. The summed E-state index contributed by atoms with van der Waals surface area (Å²) in [7, 11) is 0. The van der Waals surface area contributed by atoms with Gasteiger partial charge in [0.2, 0.25) is 5.91 Å². The molecule has 0 atom stereocenters. The molecule has 1 amide bonds. The zero-order chi connectivity index (χ0) is 16.9. The first-order valence-electron chi connectivity index (χ1n) is 7.45. The number of rotatable bonds is 6. The first kappa shape index (κ1) is 17.3. The summed E-state index contributed by atoms with van der Waals surface area (Å²) in [4.78, 5) is 23.3. The molecule has 1 aliphatic rings. The Morgan fingerprint density at radius 3 is 2.61 bits per heavy atom. The van der Waals surface area contributed by atoms with Gasteiger partial charge in [-0.3, -0.25) is 9.59 Å². The van der Waals surface area contributed by atoms with Crippen molar-refractivity contribution in [3.63, 3.8) is 0 Å². The van der Waals surface area contributed by atoms with Crippen LogP contribution in [-0.4, -0.2) is 36.7 Å². The number of carboxylic acids is 1. The lowest BCUT2D eigenvalue weighted by atomic mass is 9.80. The van der Waals surface area contributed by atoms with Crippen molar-refractivity contribution in [1.29, 1.82) is 0 Å². The molecule has 7 heteroatoms. The number of carboxylic acid groups (broad SMARTS) is 1. The summed E-state index contributed by atoms with van der Waals surface area (Å²) in [6.45, 7) is 0.698. The van der Waals surface area contributed by atoms with E-state index in [9.17, 15) is 23.5 Å². The minimum atomic E-state index is -1.02. The predicted octanol–water partition coefficient (Wildman–Crippen LogP) is 1.90. The van der Waals surface area contributed by atoms with Crippen LogP contribution < -0.4 is 5.32 Å². The molecule has 1 heterocycles. The number of hydrogen-bond donors (Lipinski definition) is 2. The second-order valence-electron chi connectivity index (χ2n) is 5.69. The molecule has 0 aromatic heterocycles. The summed E-state index contributed by atoms with van der Waals surface area (Å²) < 4.78 is 31.7. The highest BCUT2D eigenvalue weighted by Crippen LogP contribution is 2.30. The topological polar surface area (TPSA) is 75.6 Å². The molecule has 0 unspecified atom stereocenters. The minimum absolute atomic E-state index is 0.0101. The maximum Gasteiger partial charge on any atom is 0.311 e. The second-order valence-corrected chi connectivity index (χ2v) is 5.69. The molecule has 1 saturated heterocycles. The Labute approximate surface area is 132 Å². The Bertz CT molecular complexity index is 585. The molecule has 1 aliphatic heterocycles. The highest BCUT2D eigenvalue weighted by molar-refractivity contribution is 5.79. The van der Waals surface area contributed by atoms with Crippen LogP contribution in [0.4, 0.5) is 8.78 Å². The largest absolute Gasteiger partial charge is 0.481 e. The van der Waals surface area contributed by atoms with Gasteiger partial charge in [-0.05, 0) is 30.9 Å². The molecule has 1 aromatic carbocycles. The monoisotopic (exact) mass is 327 g/mol. The molecule has 0 radical (unpaired) electrons. The van der Waals surface area contributed by atoms with Gasteiger partial charge in [0, 0.05) is 26.2 Å². The average Bonchev–Trinajstić information content (AvgIpc) is 2.55. The Hall–Kier alpha value is -2.02. The number of nitrogens with one attached hydrogen (secondary N) is 1. The van der Waals surface area contributed by atoms with E-state index in [2.05, 4.69) is 5.32 Å². The SMILES string of the molecule is O=C(CCc1cccc(F)c1F)NCC1(C(=O)O)CCOCC1. The minimum Gasteiger partial charge on any atom is -0.481 e. The van der Waals surface area contributed by atoms with E-state index >= 15 is 0 Å². The van der Waals surface area contributed by atoms with Gasteiger partial charge in [-0.2, -0.15) is 0 Å². The molecule has 0 saturated carbocycles. The van der Waals surface area contributed by atoms with Crippen molar-refractivity contribution in [2.45, 2.75) is 25.7 Å². The average molecular weight is 327 g/mol. The smallest absolute Gasteiger partial charge is 0.311 e. The lowest BCUT2D eigenvalue weighted by Crippen LogP contribution is -2.46. The van der Waals surface area contributed by atoms with Crippen LogP contribution >= 0.6 is 0 Å². The fourth-order valence-electron chi connectivity index (χ4n) is 2.57. The molecule has 1 aromatic rings. The standard InChI is InChI=1S/C16H19F2NO4/c17-12-3-1-2-11(14(12)18)4-5-13(20)19-10-16(15(21)22)6-8-23-9-7-16/h1-3H,4-10H2,(H,19,20)(H,21,22). The zero-order valence-corrected chi connectivity index (χ0v) is 12.6. The highest BCUT2D eigenvalue weighted by atomic mass is 19.2. The summed E-state index contributed by atoms with van der Waals surface area (Å²) in [5.41, 5.74) is -0.892. The zero-order valence-electron chi connectivity index (χ0n) is 12.6. The van der Waals surface area contributed by atoms with Crippen molar-refractivity contribution in [3.05, 3.63) is 35.4 Å². The van der Waals surface area contributed by atoms with E-state index in [1.165, 1.54) is 12.1 Å². The molecule has 0 spiro atoms. The molecule has 5 nitrogen and oxygen atoms in total. The maximum atomic E-state index is 13.5. The first-order chi connectivity index (χ1) is 10.9. The lowest BCUT2D eigenvalue weighted by molar-refractivity contribution is -0.154. The number of aliphatic carboxylic acids is 1. The number of aryl methyl sites for hydroxylation is 1. The Morgan fingerprint density at radius 1 is 1.26 bits per heavy atom. The Morgan fingerprint density at radius 2 is 1.96 bits per heavy atom. The van der Waals surface area contributed by atoms with Crippen molar-refractivity contribution < 1.29 is 28.2 Å². The van der Waals surface area contributed by atoms with Gasteiger partial charge in [0.25, 0.3) is 0 Å². The van der Waals surface area contributed by atoms with Crippen molar-refractivity contribution >= 4 is 11.9 Å². The van der Waals surface area contributed by atoms with Crippen LogP contribution in [0.3, 0.4) is 0 Å². The number of benzene rings is 1. The molecular weight excluding hydrogens is 308 g/mol. The maximum absolute atomic E-state index is 13.5. The van der Waals surface area contributed by atoms with Crippen molar-refractivity contribution in [1.82, 2.24) is 5.32 Å². The fourth-order valence-corrected chi connectivity index (χ4v) is 2.57. The van der Waals surface area contributed by atoms with Gasteiger partial charge < -0.3 is 15.2 Å². The van der Waals surface area contributed by atoms with Crippen LogP contribution in [0, 0.1) is 17.0 Å². The Balaban J connectivity index is 1.87. The number of ether oxygens (including phenoxy) is 1. The van der Waals surface area contributed by atoms with Gasteiger partial charge in [-0.25, -0.2) is 8.78 Å². The second kappa shape index (κ2) is 7.50. The van der Waals surface area contributed by atoms with Crippen LogP contribution in [0.2, 0.25) is 0 Å². The van der Waals surface area contributed by atoms with E-state index in [1.807, 2.05) is 0 Å². The number of halogens is 2. The number of amides is 1. The first-order valence-corrected chi connectivity index (χ1v) is 7.45. The molecule has 2 rings (SSSR count). The summed E-state index contributed by atoms with van der Waals surface area (Å²) in [6.07, 6.45) is 0.688. The third-order valence-electron chi connectivity index (χ3n) is 4.18. The third-order valence-corrected chi connectivity index (χ3v) is 4.18. The molecule has 0 bridgehead atoms. The van der Waals surface area contributed by atoms with E-state index in [4.69, 9.17) is 4.74 Å². The third kappa shape index (κ3) is 4.25. The summed E-state index contributed by atoms with van der Waals surface area (Å²) in [5.74, 6) is -3.25. The van der Waals surface area contributed by atoms with Gasteiger partial charge in [0.15, 0.2) is 11.6 Å². The molecule has 23 heavy (non-hydrogen) atoms. The predicted molar refractivity (Wildman–Crippen MR) is 77.8 cm³/mol. The molecular formula is C16H19F2NO4. The van der Waals surface area contributed by atoms with E-state index in [-0.39, 0.29) is 30.9 Å². The van der Waals surface area contributed by atoms with E-state index in [1.54, 1.807) is 0 Å². The summed E-state index contributed by atoms with van der Waals surface area (Å²) >= 11 is 0. The van der Waals surface area contributed by atoms with E-state index < -0.39 is 23.0 Å². The fraction of sp³-hybridized carbons (Fsp3) is 0.500. The van der Waals surface area contributed by atoms with Gasteiger partial charge >= 0.3 is 5.97 Å². The van der Waals surface area contributed by atoms with Crippen LogP contribution in [0.1, 0.15) is 24.8 Å². The normalized spacial score (nSPS) is 16.8. The van der Waals surface area contributed by atoms with E-state index in [0.29, 0.717) is 26.1 Å². The van der Waals surface area contributed by atoms with Gasteiger partial charge in [0.1, 0.15) is 0 Å².